The number of amides is 2. The number of anilines is 1. The summed E-state index contributed by atoms with van der Waals surface area (Å²) in [6.07, 6.45) is 0. The number of carbonyl (C=O) groups is 2. The Hall–Kier alpha value is -2.40. The zero-order valence-corrected chi connectivity index (χ0v) is 18.3. The molecule has 0 saturated carbocycles. The fraction of sp³-hybridized carbons (Fsp3) is 0.300. The van der Waals surface area contributed by atoms with Crippen molar-refractivity contribution in [2.75, 3.05) is 45.7 Å². The van der Waals surface area contributed by atoms with Crippen molar-refractivity contribution in [3.8, 4) is 0 Å². The Bertz CT molecular complexity index is 1020. The Labute approximate surface area is 180 Å². The van der Waals surface area contributed by atoms with Gasteiger partial charge in [-0.25, -0.2) is 8.42 Å². The molecule has 0 aliphatic carbocycles. The number of nitrogens with one attached hydrogen (secondary N) is 1. The highest BCUT2D eigenvalue weighted by atomic mass is 32.2. The minimum absolute atomic E-state index is 0.133. The van der Waals surface area contributed by atoms with Crippen LogP contribution in [0.25, 0.3) is 0 Å². The van der Waals surface area contributed by atoms with Crippen LogP contribution in [-0.2, 0) is 14.8 Å². The Morgan fingerprint density at radius 2 is 1.67 bits per heavy atom. The van der Waals surface area contributed by atoms with Crippen LogP contribution in [0, 0.1) is 0 Å². The molecule has 2 aromatic rings. The Balaban J connectivity index is 1.74. The normalized spacial score (nSPS) is 14.9. The number of thioether (sulfide) groups is 1. The van der Waals surface area contributed by atoms with Crippen LogP contribution in [0.2, 0.25) is 0 Å². The smallest absolute Gasteiger partial charge is 0.286 e. The summed E-state index contributed by atoms with van der Waals surface area (Å²) in [5.41, 5.74) is 0.822. The number of morpholine rings is 1. The van der Waals surface area contributed by atoms with Crippen molar-refractivity contribution < 1.29 is 22.7 Å². The molecule has 0 spiro atoms. The van der Waals surface area contributed by atoms with Gasteiger partial charge in [0.15, 0.2) is 0 Å². The van der Waals surface area contributed by atoms with Crippen molar-refractivity contribution in [3.63, 3.8) is 0 Å². The van der Waals surface area contributed by atoms with Gasteiger partial charge in [0.2, 0.25) is 10.0 Å². The summed E-state index contributed by atoms with van der Waals surface area (Å²) >= 11 is 1.01. The van der Waals surface area contributed by atoms with E-state index in [4.69, 9.17) is 4.74 Å². The molecule has 1 fully saturated rings. The second kappa shape index (κ2) is 9.61. The first-order valence-electron chi connectivity index (χ1n) is 9.26. The maximum Gasteiger partial charge on any atom is 0.286 e. The molecule has 0 atom stereocenters. The third-order valence-corrected chi connectivity index (χ3v) is 7.45. The van der Waals surface area contributed by atoms with Crippen LogP contribution in [0.5, 0.6) is 0 Å². The number of rotatable bonds is 5. The number of nitrogens with zero attached hydrogens (tertiary/aromatic N) is 2. The quantitative estimate of drug-likeness (QED) is 0.705. The summed E-state index contributed by atoms with van der Waals surface area (Å²) in [5.74, 6) is -0.393. The molecule has 0 bridgehead atoms. The van der Waals surface area contributed by atoms with Gasteiger partial charge in [-0.1, -0.05) is 12.1 Å². The van der Waals surface area contributed by atoms with Gasteiger partial charge in [-0.3, -0.25) is 9.59 Å². The zero-order chi connectivity index (χ0) is 21.7. The molecular weight excluding hydrogens is 426 g/mol. The topological polar surface area (TPSA) is 96.0 Å². The van der Waals surface area contributed by atoms with E-state index in [1.165, 1.54) is 33.5 Å². The number of benzene rings is 2. The molecule has 1 saturated heterocycles. The predicted octanol–water partition coefficient (Wildman–Crippen LogP) is 2.73. The number of sulfonamides is 1. The highest BCUT2D eigenvalue weighted by Gasteiger charge is 2.26. The van der Waals surface area contributed by atoms with E-state index in [1.54, 1.807) is 38.4 Å². The van der Waals surface area contributed by atoms with E-state index in [0.717, 1.165) is 11.8 Å². The second-order valence-electron chi connectivity index (χ2n) is 6.75. The minimum atomic E-state index is -3.62. The SMILES string of the molecule is CN(C)C(=O)Sc1ccccc1NC(=O)c1ccc(S(=O)(=O)N2CCOCC2)cc1. The molecule has 0 unspecified atom stereocenters. The van der Waals surface area contributed by atoms with Crippen LogP contribution < -0.4 is 5.32 Å². The van der Waals surface area contributed by atoms with Crippen molar-refractivity contribution in [3.05, 3.63) is 54.1 Å². The zero-order valence-electron chi connectivity index (χ0n) is 16.7. The lowest BCUT2D eigenvalue weighted by molar-refractivity contribution is 0.0730. The highest BCUT2D eigenvalue weighted by Crippen LogP contribution is 2.29. The van der Waals surface area contributed by atoms with Gasteiger partial charge in [0.25, 0.3) is 11.1 Å². The highest BCUT2D eigenvalue weighted by molar-refractivity contribution is 8.13. The third-order valence-electron chi connectivity index (χ3n) is 4.42. The third kappa shape index (κ3) is 5.20. The summed E-state index contributed by atoms with van der Waals surface area (Å²) < 4.78 is 32.0. The number of hydrogen-bond acceptors (Lipinski definition) is 6. The molecule has 160 valence electrons. The predicted molar refractivity (Wildman–Crippen MR) is 115 cm³/mol. The molecule has 0 radical (unpaired) electrons. The number of ether oxygens (including phenoxy) is 1. The van der Waals surface area contributed by atoms with E-state index >= 15 is 0 Å². The average Bonchev–Trinajstić information content (AvgIpc) is 2.75. The van der Waals surface area contributed by atoms with E-state index in [0.29, 0.717) is 42.4 Å². The fourth-order valence-electron chi connectivity index (χ4n) is 2.75. The van der Waals surface area contributed by atoms with Crippen LogP contribution >= 0.6 is 11.8 Å². The first kappa shape index (κ1) is 22.3. The molecule has 8 nitrogen and oxygen atoms in total. The van der Waals surface area contributed by atoms with E-state index < -0.39 is 15.9 Å². The van der Waals surface area contributed by atoms with Gasteiger partial charge in [-0.05, 0) is 48.2 Å². The van der Waals surface area contributed by atoms with Gasteiger partial charge in [-0.2, -0.15) is 4.31 Å². The van der Waals surface area contributed by atoms with Crippen LogP contribution in [0.15, 0.2) is 58.3 Å². The summed E-state index contributed by atoms with van der Waals surface area (Å²) in [6, 6.07) is 12.8. The molecule has 10 heteroatoms. The van der Waals surface area contributed by atoms with E-state index in [2.05, 4.69) is 5.32 Å². The second-order valence-corrected chi connectivity index (χ2v) is 9.68. The van der Waals surface area contributed by atoms with Gasteiger partial charge >= 0.3 is 0 Å². The summed E-state index contributed by atoms with van der Waals surface area (Å²) in [4.78, 5) is 26.9. The number of hydrogen-bond donors (Lipinski definition) is 1. The molecule has 1 aliphatic rings. The number of carbonyl (C=O) groups excluding carboxylic acids is 2. The fourth-order valence-corrected chi connectivity index (χ4v) is 4.91. The number of para-hydroxylation sites is 1. The Kier molecular flexibility index (Phi) is 7.14. The van der Waals surface area contributed by atoms with E-state index in [-0.39, 0.29) is 10.1 Å². The molecular formula is C20H23N3O5S2. The summed E-state index contributed by atoms with van der Waals surface area (Å²) in [5, 5.41) is 2.63. The first-order valence-corrected chi connectivity index (χ1v) is 11.5. The molecule has 0 aromatic heterocycles. The first-order chi connectivity index (χ1) is 14.3. The van der Waals surface area contributed by atoms with Gasteiger partial charge in [0, 0.05) is 37.6 Å². The Morgan fingerprint density at radius 3 is 2.30 bits per heavy atom. The van der Waals surface area contributed by atoms with Crippen LogP contribution in [0.3, 0.4) is 0 Å². The summed E-state index contributed by atoms with van der Waals surface area (Å²) in [7, 11) is -0.304. The molecule has 2 amide bonds. The molecule has 2 aromatic carbocycles. The van der Waals surface area contributed by atoms with Crippen LogP contribution in [0.1, 0.15) is 10.4 Å². The largest absolute Gasteiger partial charge is 0.379 e. The Morgan fingerprint density at radius 1 is 1.03 bits per heavy atom. The van der Waals surface area contributed by atoms with Crippen molar-refractivity contribution in [1.29, 1.82) is 0 Å². The standard InChI is InChI=1S/C20H23N3O5S2/c1-22(2)20(25)29-18-6-4-3-5-17(18)21-19(24)15-7-9-16(10-8-15)30(26,27)23-11-13-28-14-12-23/h3-10H,11-14H2,1-2H3,(H,21,24). The molecule has 1 N–H and O–H groups in total. The lowest BCUT2D eigenvalue weighted by atomic mass is 10.2. The van der Waals surface area contributed by atoms with Gasteiger partial charge in [0.05, 0.1) is 23.8 Å². The lowest BCUT2D eigenvalue weighted by Crippen LogP contribution is -2.40. The molecule has 3 rings (SSSR count). The average molecular weight is 450 g/mol. The summed E-state index contributed by atoms with van der Waals surface area (Å²) in [6.45, 7) is 1.36. The van der Waals surface area contributed by atoms with Crippen molar-refractivity contribution in [2.45, 2.75) is 9.79 Å². The van der Waals surface area contributed by atoms with E-state index in [1.807, 2.05) is 0 Å². The lowest BCUT2D eigenvalue weighted by Gasteiger charge is -2.26. The maximum absolute atomic E-state index is 12.7. The van der Waals surface area contributed by atoms with E-state index in [9.17, 15) is 18.0 Å². The molecule has 1 heterocycles. The van der Waals surface area contributed by atoms with Gasteiger partial charge < -0.3 is 15.0 Å². The minimum Gasteiger partial charge on any atom is -0.379 e. The van der Waals surface area contributed by atoms with Crippen LogP contribution in [-0.4, -0.2) is 69.2 Å². The molecule has 30 heavy (non-hydrogen) atoms. The van der Waals surface area contributed by atoms with Crippen molar-refractivity contribution in [1.82, 2.24) is 9.21 Å². The van der Waals surface area contributed by atoms with Crippen LogP contribution in [0.4, 0.5) is 10.5 Å². The monoisotopic (exact) mass is 449 g/mol. The molecule has 1 aliphatic heterocycles. The van der Waals surface area contributed by atoms with Gasteiger partial charge in [-0.15, -0.1) is 0 Å². The van der Waals surface area contributed by atoms with Gasteiger partial charge in [0.1, 0.15) is 0 Å². The van der Waals surface area contributed by atoms with Crippen molar-refractivity contribution in [2.24, 2.45) is 0 Å². The van der Waals surface area contributed by atoms with Crippen molar-refractivity contribution >= 4 is 38.6 Å². The maximum atomic E-state index is 12.7.